The van der Waals surface area contributed by atoms with Gasteiger partial charge in [0.05, 0.1) is 0 Å². The molecule has 1 saturated heterocycles. The van der Waals surface area contributed by atoms with Crippen molar-refractivity contribution in [2.24, 2.45) is 10.9 Å². The van der Waals surface area contributed by atoms with E-state index in [9.17, 15) is 0 Å². The number of amidine groups is 1. The van der Waals surface area contributed by atoms with Crippen molar-refractivity contribution >= 4 is 16.9 Å². The summed E-state index contributed by atoms with van der Waals surface area (Å²) in [4.78, 5) is 4.63. The Labute approximate surface area is 109 Å². The van der Waals surface area contributed by atoms with Gasteiger partial charge in [0.2, 0.25) is 0 Å². The molecule has 1 heterocycles. The van der Waals surface area contributed by atoms with Gasteiger partial charge in [-0.05, 0) is 32.1 Å². The van der Waals surface area contributed by atoms with E-state index in [0.29, 0.717) is 6.04 Å². The quantitative estimate of drug-likeness (QED) is 0.768. The molecule has 2 rings (SSSR count). The van der Waals surface area contributed by atoms with Crippen LogP contribution in [0.4, 0.5) is 0 Å². The van der Waals surface area contributed by atoms with Crippen LogP contribution in [0.5, 0.6) is 0 Å². The number of hydrogen-bond donors (Lipinski definition) is 1. The van der Waals surface area contributed by atoms with Gasteiger partial charge in [0.25, 0.3) is 0 Å². The fourth-order valence-corrected chi connectivity index (χ4v) is 3.75. The number of rotatable bonds is 5. The lowest BCUT2D eigenvalue weighted by Crippen LogP contribution is -2.46. The molecule has 0 amide bonds. The number of nitrogens with one attached hydrogen (secondary N) is 1. The third-order valence-corrected chi connectivity index (χ3v) is 4.67. The molecule has 2 atom stereocenters. The highest BCUT2D eigenvalue weighted by Crippen LogP contribution is 2.31. The van der Waals surface area contributed by atoms with Gasteiger partial charge in [-0.1, -0.05) is 24.6 Å². The van der Waals surface area contributed by atoms with Crippen LogP contribution < -0.4 is 5.32 Å². The van der Waals surface area contributed by atoms with Crippen LogP contribution in [0.1, 0.15) is 39.0 Å². The van der Waals surface area contributed by atoms with Crippen molar-refractivity contribution < 1.29 is 4.74 Å². The molecule has 0 aromatic heterocycles. The monoisotopic (exact) mass is 256 g/mol. The molecule has 2 unspecified atom stereocenters. The highest BCUT2D eigenvalue weighted by molar-refractivity contribution is 8.13. The first-order valence-electron chi connectivity index (χ1n) is 6.91. The summed E-state index contributed by atoms with van der Waals surface area (Å²) in [5, 5.41) is 4.79. The van der Waals surface area contributed by atoms with Crippen molar-refractivity contribution in [1.82, 2.24) is 5.32 Å². The minimum absolute atomic E-state index is 0.704. The Hall–Kier alpha value is -0.220. The van der Waals surface area contributed by atoms with Crippen LogP contribution in [0, 0.1) is 5.92 Å². The van der Waals surface area contributed by atoms with Crippen LogP contribution >= 0.6 is 11.8 Å². The van der Waals surface area contributed by atoms with Crippen LogP contribution in [0.3, 0.4) is 0 Å². The number of nitrogens with zero attached hydrogens (tertiary/aromatic N) is 1. The topological polar surface area (TPSA) is 33.6 Å². The molecule has 0 aromatic rings. The molecule has 1 aliphatic heterocycles. The van der Waals surface area contributed by atoms with Gasteiger partial charge in [-0.2, -0.15) is 0 Å². The molecule has 0 aromatic carbocycles. The summed E-state index contributed by atoms with van der Waals surface area (Å²) in [7, 11) is 0. The van der Waals surface area contributed by atoms with Gasteiger partial charge in [0.1, 0.15) is 0 Å². The Morgan fingerprint density at radius 1 is 1.41 bits per heavy atom. The lowest BCUT2D eigenvalue weighted by Gasteiger charge is -2.36. The summed E-state index contributed by atoms with van der Waals surface area (Å²) in [6.45, 7) is 4.58. The summed E-state index contributed by atoms with van der Waals surface area (Å²) in [5.74, 6) is 2.15. The first-order chi connectivity index (χ1) is 8.40. The van der Waals surface area contributed by atoms with Gasteiger partial charge in [-0.3, -0.25) is 4.99 Å². The van der Waals surface area contributed by atoms with E-state index in [0.717, 1.165) is 32.1 Å². The van der Waals surface area contributed by atoms with Gasteiger partial charge in [0.15, 0.2) is 5.17 Å². The van der Waals surface area contributed by atoms with Crippen LogP contribution in [-0.4, -0.2) is 36.7 Å². The zero-order valence-corrected chi connectivity index (χ0v) is 11.6. The highest BCUT2D eigenvalue weighted by Gasteiger charge is 2.29. The van der Waals surface area contributed by atoms with E-state index in [1.165, 1.54) is 36.6 Å². The third kappa shape index (κ3) is 4.18. The molecule has 2 fully saturated rings. The number of hydrogen-bond acceptors (Lipinski definition) is 3. The van der Waals surface area contributed by atoms with Crippen molar-refractivity contribution in [2.75, 3.05) is 25.5 Å². The highest BCUT2D eigenvalue weighted by atomic mass is 32.2. The maximum atomic E-state index is 5.31. The SMILES string of the molecule is CCOCCCN=C1NC2CCCCC2CS1. The predicted octanol–water partition coefficient (Wildman–Crippen LogP) is 2.66. The van der Waals surface area contributed by atoms with E-state index in [4.69, 9.17) is 4.74 Å². The zero-order chi connectivity index (χ0) is 11.9. The summed E-state index contributed by atoms with van der Waals surface area (Å²) in [5.41, 5.74) is 0. The molecule has 17 heavy (non-hydrogen) atoms. The first-order valence-corrected chi connectivity index (χ1v) is 7.90. The molecular formula is C13H24N2OS. The summed E-state index contributed by atoms with van der Waals surface area (Å²) in [6.07, 6.45) is 6.58. The number of thioether (sulfide) groups is 1. The number of ether oxygens (including phenoxy) is 1. The molecular weight excluding hydrogens is 232 g/mol. The van der Waals surface area contributed by atoms with Gasteiger partial charge in [-0.25, -0.2) is 0 Å². The maximum absolute atomic E-state index is 5.31. The Kier molecular flexibility index (Phi) is 5.65. The molecule has 0 radical (unpaired) electrons. The third-order valence-electron chi connectivity index (χ3n) is 3.56. The molecule has 4 heteroatoms. The van der Waals surface area contributed by atoms with E-state index >= 15 is 0 Å². The maximum Gasteiger partial charge on any atom is 0.156 e. The van der Waals surface area contributed by atoms with Crippen molar-refractivity contribution in [1.29, 1.82) is 0 Å². The Morgan fingerprint density at radius 2 is 2.29 bits per heavy atom. The normalized spacial score (nSPS) is 31.0. The van der Waals surface area contributed by atoms with Crippen LogP contribution in [0.15, 0.2) is 4.99 Å². The lowest BCUT2D eigenvalue weighted by atomic mass is 9.86. The van der Waals surface area contributed by atoms with Gasteiger partial charge >= 0.3 is 0 Å². The van der Waals surface area contributed by atoms with Gasteiger partial charge in [-0.15, -0.1) is 0 Å². The molecule has 1 saturated carbocycles. The molecule has 98 valence electrons. The molecule has 0 spiro atoms. The van der Waals surface area contributed by atoms with Crippen molar-refractivity contribution in [3.63, 3.8) is 0 Å². The van der Waals surface area contributed by atoms with E-state index in [-0.39, 0.29) is 0 Å². The van der Waals surface area contributed by atoms with Gasteiger partial charge < -0.3 is 10.1 Å². The van der Waals surface area contributed by atoms with Crippen molar-refractivity contribution in [3.05, 3.63) is 0 Å². The van der Waals surface area contributed by atoms with Crippen molar-refractivity contribution in [2.45, 2.75) is 45.1 Å². The van der Waals surface area contributed by atoms with Gasteiger partial charge in [0, 0.05) is 31.6 Å². The standard InChI is InChI=1S/C13H24N2OS/c1-2-16-9-5-8-14-13-15-12-7-4-3-6-11(12)10-17-13/h11-12H,2-10H2,1H3,(H,14,15). The fraction of sp³-hybridized carbons (Fsp3) is 0.923. The predicted molar refractivity (Wildman–Crippen MR) is 74.8 cm³/mol. The average Bonchev–Trinajstić information content (AvgIpc) is 2.38. The molecule has 0 bridgehead atoms. The lowest BCUT2D eigenvalue weighted by molar-refractivity contribution is 0.146. The zero-order valence-electron chi connectivity index (χ0n) is 10.8. The molecule has 3 nitrogen and oxygen atoms in total. The summed E-state index contributed by atoms with van der Waals surface area (Å²) in [6, 6.07) is 0.704. The second kappa shape index (κ2) is 7.27. The minimum Gasteiger partial charge on any atom is -0.382 e. The van der Waals surface area contributed by atoms with Crippen molar-refractivity contribution in [3.8, 4) is 0 Å². The minimum atomic E-state index is 0.704. The van der Waals surface area contributed by atoms with E-state index in [1.807, 2.05) is 18.7 Å². The molecule has 2 aliphatic rings. The van der Waals surface area contributed by atoms with Crippen LogP contribution in [0.2, 0.25) is 0 Å². The second-order valence-corrected chi connectivity index (χ2v) is 5.85. The number of fused-ring (bicyclic) bond motifs is 1. The Balaban J connectivity index is 1.69. The Bertz CT molecular complexity index is 258. The average molecular weight is 256 g/mol. The largest absolute Gasteiger partial charge is 0.382 e. The first kappa shape index (κ1) is 13.2. The summed E-state index contributed by atoms with van der Waals surface area (Å²) >= 11 is 1.91. The summed E-state index contributed by atoms with van der Waals surface area (Å²) < 4.78 is 5.31. The van der Waals surface area contributed by atoms with E-state index in [2.05, 4.69) is 10.3 Å². The molecule has 1 aliphatic carbocycles. The smallest absolute Gasteiger partial charge is 0.156 e. The fourth-order valence-electron chi connectivity index (χ4n) is 2.57. The van der Waals surface area contributed by atoms with E-state index in [1.54, 1.807) is 0 Å². The Morgan fingerprint density at radius 3 is 3.18 bits per heavy atom. The number of aliphatic imine (C=N–C) groups is 1. The van der Waals surface area contributed by atoms with Crippen LogP contribution in [-0.2, 0) is 4.74 Å². The van der Waals surface area contributed by atoms with Crippen LogP contribution in [0.25, 0.3) is 0 Å². The molecule has 1 N–H and O–H groups in total. The second-order valence-electron chi connectivity index (χ2n) is 4.84. The van der Waals surface area contributed by atoms with E-state index < -0.39 is 0 Å².